The average Bonchev–Trinajstić information content (AvgIpc) is 2.60. The molecule has 2 aliphatic rings. The molecule has 0 spiro atoms. The summed E-state index contributed by atoms with van der Waals surface area (Å²) in [5.41, 5.74) is 0.963. The summed E-state index contributed by atoms with van der Waals surface area (Å²) in [7, 11) is 1.60. The molecular formula is C17H27BrCl2N2O3. The second-order valence-electron chi connectivity index (χ2n) is 6.23. The lowest BCUT2D eigenvalue weighted by Crippen LogP contribution is -2.47. The van der Waals surface area contributed by atoms with Crippen molar-refractivity contribution in [3.63, 3.8) is 0 Å². The molecule has 1 aromatic carbocycles. The van der Waals surface area contributed by atoms with Crippen molar-refractivity contribution in [2.24, 2.45) is 5.92 Å². The van der Waals surface area contributed by atoms with Crippen LogP contribution >= 0.6 is 40.7 Å². The maximum atomic E-state index is 10.7. The van der Waals surface area contributed by atoms with Crippen LogP contribution in [0.3, 0.4) is 0 Å². The van der Waals surface area contributed by atoms with Gasteiger partial charge in [-0.1, -0.05) is 15.9 Å². The zero-order valence-corrected chi connectivity index (χ0v) is 17.6. The Hall–Kier alpha value is -0.240. The number of rotatable bonds is 4. The van der Waals surface area contributed by atoms with Crippen LogP contribution in [0, 0.1) is 5.92 Å². The topological polar surface area (TPSA) is 54.0 Å². The Morgan fingerprint density at radius 1 is 1.24 bits per heavy atom. The van der Waals surface area contributed by atoms with E-state index in [1.807, 2.05) is 12.1 Å². The molecule has 3 rings (SSSR count). The number of piperazine rings is 1. The van der Waals surface area contributed by atoms with Crippen molar-refractivity contribution in [1.82, 2.24) is 10.2 Å². The van der Waals surface area contributed by atoms with Gasteiger partial charge in [-0.05, 0) is 30.9 Å². The fourth-order valence-corrected chi connectivity index (χ4v) is 4.17. The van der Waals surface area contributed by atoms with Gasteiger partial charge in [0, 0.05) is 55.5 Å². The number of halogens is 3. The molecular weight excluding hydrogens is 431 g/mol. The van der Waals surface area contributed by atoms with E-state index >= 15 is 0 Å². The Morgan fingerprint density at radius 3 is 2.48 bits per heavy atom. The quantitative estimate of drug-likeness (QED) is 0.725. The molecule has 0 aliphatic carbocycles. The van der Waals surface area contributed by atoms with E-state index < -0.39 is 0 Å². The maximum Gasteiger partial charge on any atom is 0.162 e. The second kappa shape index (κ2) is 10.8. The number of aromatic hydroxyl groups is 1. The van der Waals surface area contributed by atoms with Gasteiger partial charge in [-0.3, -0.25) is 4.90 Å². The largest absolute Gasteiger partial charge is 0.504 e. The molecule has 0 radical (unpaired) electrons. The lowest BCUT2D eigenvalue weighted by molar-refractivity contribution is 0.0205. The van der Waals surface area contributed by atoms with Crippen molar-refractivity contribution in [2.75, 3.05) is 46.5 Å². The predicted octanol–water partition coefficient (Wildman–Crippen LogP) is 3.38. The summed E-state index contributed by atoms with van der Waals surface area (Å²) < 4.78 is 11.8. The third kappa shape index (κ3) is 5.37. The normalized spacial score (nSPS) is 20.2. The Balaban J connectivity index is 0.00000156. The molecule has 8 heteroatoms. The first-order chi connectivity index (χ1) is 11.2. The maximum absolute atomic E-state index is 10.7. The third-order valence-corrected chi connectivity index (χ3v) is 5.32. The minimum atomic E-state index is 0. The van der Waals surface area contributed by atoms with Gasteiger partial charge in [0.05, 0.1) is 7.11 Å². The van der Waals surface area contributed by atoms with Crippen LogP contribution < -0.4 is 10.1 Å². The Bertz CT molecular complexity index is 521. The third-order valence-electron chi connectivity index (χ3n) is 4.87. The molecule has 1 aromatic rings. The van der Waals surface area contributed by atoms with E-state index in [1.165, 1.54) is 0 Å². The number of benzene rings is 1. The van der Waals surface area contributed by atoms with Crippen LogP contribution in [-0.2, 0) is 4.74 Å². The molecule has 5 nitrogen and oxygen atoms in total. The predicted molar refractivity (Wildman–Crippen MR) is 108 cm³/mol. The molecule has 144 valence electrons. The smallest absolute Gasteiger partial charge is 0.162 e. The molecule has 0 bridgehead atoms. The van der Waals surface area contributed by atoms with E-state index in [1.54, 1.807) is 7.11 Å². The van der Waals surface area contributed by atoms with E-state index in [0.717, 1.165) is 62.3 Å². The number of nitrogens with zero attached hydrogens (tertiary/aromatic N) is 1. The molecule has 2 saturated heterocycles. The van der Waals surface area contributed by atoms with E-state index in [2.05, 4.69) is 26.1 Å². The van der Waals surface area contributed by atoms with Crippen LogP contribution in [0.2, 0.25) is 0 Å². The number of hydrogen-bond acceptors (Lipinski definition) is 5. The van der Waals surface area contributed by atoms with E-state index in [4.69, 9.17) is 9.47 Å². The van der Waals surface area contributed by atoms with E-state index in [-0.39, 0.29) is 36.6 Å². The molecule has 2 aliphatic heterocycles. The number of hydrogen-bond donors (Lipinski definition) is 2. The van der Waals surface area contributed by atoms with Crippen LogP contribution in [0.25, 0.3) is 0 Å². The summed E-state index contributed by atoms with van der Waals surface area (Å²) >= 11 is 3.56. The number of phenols is 1. The van der Waals surface area contributed by atoms with E-state index in [9.17, 15) is 5.11 Å². The molecule has 0 unspecified atom stereocenters. The van der Waals surface area contributed by atoms with Crippen LogP contribution in [0.4, 0.5) is 0 Å². The van der Waals surface area contributed by atoms with Crippen molar-refractivity contribution in [3.8, 4) is 11.5 Å². The molecule has 2 heterocycles. The van der Waals surface area contributed by atoms with Gasteiger partial charge in [-0.2, -0.15) is 0 Å². The first-order valence-corrected chi connectivity index (χ1v) is 9.09. The van der Waals surface area contributed by atoms with Gasteiger partial charge in [0.25, 0.3) is 0 Å². The first-order valence-electron chi connectivity index (χ1n) is 8.29. The average molecular weight is 458 g/mol. The van der Waals surface area contributed by atoms with Gasteiger partial charge < -0.3 is 19.9 Å². The Morgan fingerprint density at radius 2 is 1.88 bits per heavy atom. The summed E-state index contributed by atoms with van der Waals surface area (Å²) in [5, 5.41) is 14.1. The fraction of sp³-hybridized carbons (Fsp3) is 0.647. The summed E-state index contributed by atoms with van der Waals surface area (Å²) in [4.78, 5) is 2.49. The molecule has 0 aromatic heterocycles. The Kier molecular flexibility index (Phi) is 9.85. The van der Waals surface area contributed by atoms with Crippen molar-refractivity contribution < 1.29 is 14.6 Å². The molecule has 0 saturated carbocycles. The van der Waals surface area contributed by atoms with Gasteiger partial charge in [0.15, 0.2) is 11.5 Å². The fourth-order valence-electron chi connectivity index (χ4n) is 3.72. The zero-order chi connectivity index (χ0) is 16.2. The van der Waals surface area contributed by atoms with Gasteiger partial charge in [0.2, 0.25) is 0 Å². The SMILES string of the molecule is COc1cc(Br)cc([C@@H](C2CCOCC2)N2CCNCC2)c1O.Cl.Cl. The highest BCUT2D eigenvalue weighted by Gasteiger charge is 2.33. The molecule has 1 atom stereocenters. The molecule has 2 N–H and O–H groups in total. The molecule has 25 heavy (non-hydrogen) atoms. The lowest BCUT2D eigenvalue weighted by atomic mass is 9.85. The summed E-state index contributed by atoms with van der Waals surface area (Å²) in [6.45, 7) is 5.59. The van der Waals surface area contributed by atoms with Crippen LogP contribution in [-0.4, -0.2) is 56.5 Å². The van der Waals surface area contributed by atoms with Crippen molar-refractivity contribution in [3.05, 3.63) is 22.2 Å². The number of nitrogens with one attached hydrogen (secondary N) is 1. The highest BCUT2D eigenvalue weighted by molar-refractivity contribution is 9.10. The highest BCUT2D eigenvalue weighted by atomic mass is 79.9. The standard InChI is InChI=1S/C17H25BrN2O3.2ClH/c1-22-15-11-13(18)10-14(17(15)21)16(12-2-8-23-9-3-12)20-6-4-19-5-7-20;;/h10-12,16,19,21H,2-9H2,1H3;2*1H/t16-;;/m1../s1. The molecule has 0 amide bonds. The van der Waals surface area contributed by atoms with Gasteiger partial charge in [-0.25, -0.2) is 0 Å². The van der Waals surface area contributed by atoms with Crippen LogP contribution in [0.5, 0.6) is 11.5 Å². The molecule has 2 fully saturated rings. The van der Waals surface area contributed by atoms with Crippen molar-refractivity contribution in [1.29, 1.82) is 0 Å². The zero-order valence-electron chi connectivity index (χ0n) is 14.4. The van der Waals surface area contributed by atoms with Gasteiger partial charge in [-0.15, -0.1) is 24.8 Å². The lowest BCUT2D eigenvalue weighted by Gasteiger charge is -2.41. The summed E-state index contributed by atoms with van der Waals surface area (Å²) in [6, 6.07) is 4.06. The highest BCUT2D eigenvalue weighted by Crippen LogP contribution is 2.44. The van der Waals surface area contributed by atoms with Crippen LogP contribution in [0.1, 0.15) is 24.4 Å². The van der Waals surface area contributed by atoms with E-state index in [0.29, 0.717) is 11.7 Å². The minimum absolute atomic E-state index is 0. The monoisotopic (exact) mass is 456 g/mol. The van der Waals surface area contributed by atoms with Crippen molar-refractivity contribution in [2.45, 2.75) is 18.9 Å². The minimum Gasteiger partial charge on any atom is -0.504 e. The van der Waals surface area contributed by atoms with Gasteiger partial charge >= 0.3 is 0 Å². The van der Waals surface area contributed by atoms with Crippen molar-refractivity contribution >= 4 is 40.7 Å². The second-order valence-corrected chi connectivity index (χ2v) is 7.14. The summed E-state index contributed by atoms with van der Waals surface area (Å²) in [6.07, 6.45) is 2.06. The first kappa shape index (κ1) is 22.8. The Labute approximate surface area is 170 Å². The number of ether oxygens (including phenoxy) is 2. The van der Waals surface area contributed by atoms with Crippen LogP contribution in [0.15, 0.2) is 16.6 Å². The number of methoxy groups -OCH3 is 1. The van der Waals surface area contributed by atoms with Gasteiger partial charge in [0.1, 0.15) is 0 Å². The summed E-state index contributed by atoms with van der Waals surface area (Å²) in [5.74, 6) is 1.29. The number of phenolic OH excluding ortho intramolecular Hbond substituents is 1.